The van der Waals surface area contributed by atoms with E-state index in [-0.39, 0.29) is 19.2 Å². The van der Waals surface area contributed by atoms with Crippen molar-refractivity contribution < 1.29 is 19.1 Å². The van der Waals surface area contributed by atoms with E-state index in [1.165, 1.54) is 0 Å². The van der Waals surface area contributed by atoms with Gasteiger partial charge in [-0.2, -0.15) is 0 Å². The molecule has 0 aliphatic heterocycles. The molecule has 23 heavy (non-hydrogen) atoms. The lowest BCUT2D eigenvalue weighted by Gasteiger charge is -2.30. The molecule has 0 fully saturated rings. The maximum absolute atomic E-state index is 11.8. The molecular weight excluding hydrogens is 294 g/mol. The Kier molecular flexibility index (Phi) is 10.2. The van der Waals surface area contributed by atoms with Gasteiger partial charge in [-0.25, -0.2) is 9.59 Å². The standard InChI is InChI=1S/C18H31NO4/c1-13(2)17(20)22-11-12-23-18(21)16(7)9-8-10-19(14(3)4)15(5)6/h9,14-15H,1,8,10-12H2,2-7H3. The van der Waals surface area contributed by atoms with Crippen LogP contribution in [0.5, 0.6) is 0 Å². The van der Waals surface area contributed by atoms with Gasteiger partial charge in [-0.05, 0) is 48.0 Å². The zero-order chi connectivity index (χ0) is 18.0. The third kappa shape index (κ3) is 9.18. The van der Waals surface area contributed by atoms with E-state index >= 15 is 0 Å². The Hall–Kier alpha value is -1.62. The van der Waals surface area contributed by atoms with Crippen molar-refractivity contribution in [3.05, 3.63) is 23.8 Å². The van der Waals surface area contributed by atoms with Crippen molar-refractivity contribution in [2.45, 2.75) is 60.0 Å². The maximum Gasteiger partial charge on any atom is 0.333 e. The van der Waals surface area contributed by atoms with Gasteiger partial charge in [0.15, 0.2) is 0 Å². The molecule has 0 heterocycles. The minimum Gasteiger partial charge on any atom is -0.459 e. The summed E-state index contributed by atoms with van der Waals surface area (Å²) in [6, 6.07) is 0.942. The number of ether oxygens (including phenoxy) is 2. The minimum absolute atomic E-state index is 0.0409. The van der Waals surface area contributed by atoms with Gasteiger partial charge in [0.05, 0.1) is 0 Å². The van der Waals surface area contributed by atoms with Gasteiger partial charge in [-0.15, -0.1) is 0 Å². The molecule has 0 unspecified atom stereocenters. The minimum atomic E-state index is -0.476. The van der Waals surface area contributed by atoms with E-state index in [2.05, 4.69) is 39.2 Å². The molecule has 0 aromatic carbocycles. The predicted octanol–water partition coefficient (Wildman–Crippen LogP) is 3.10. The number of hydrogen-bond donors (Lipinski definition) is 0. The highest BCUT2D eigenvalue weighted by atomic mass is 16.6. The van der Waals surface area contributed by atoms with E-state index in [9.17, 15) is 9.59 Å². The number of rotatable bonds is 10. The van der Waals surface area contributed by atoms with E-state index in [1.807, 2.05) is 6.08 Å². The Labute approximate surface area is 140 Å². The van der Waals surface area contributed by atoms with Crippen LogP contribution in [-0.4, -0.2) is 48.7 Å². The van der Waals surface area contributed by atoms with Crippen LogP contribution in [0, 0.1) is 0 Å². The second kappa shape index (κ2) is 11.0. The lowest BCUT2D eigenvalue weighted by Crippen LogP contribution is -2.37. The highest BCUT2D eigenvalue weighted by molar-refractivity contribution is 5.88. The monoisotopic (exact) mass is 325 g/mol. The van der Waals surface area contributed by atoms with Crippen molar-refractivity contribution >= 4 is 11.9 Å². The molecule has 5 nitrogen and oxygen atoms in total. The van der Waals surface area contributed by atoms with Crippen molar-refractivity contribution in [2.24, 2.45) is 0 Å². The molecule has 0 rings (SSSR count). The number of nitrogens with zero attached hydrogens (tertiary/aromatic N) is 1. The molecule has 0 atom stereocenters. The number of hydrogen-bond acceptors (Lipinski definition) is 5. The van der Waals surface area contributed by atoms with Crippen LogP contribution in [0.15, 0.2) is 23.8 Å². The fraction of sp³-hybridized carbons (Fsp3) is 0.667. The average molecular weight is 325 g/mol. The van der Waals surface area contributed by atoms with Gasteiger partial charge in [0.25, 0.3) is 0 Å². The molecule has 0 aromatic heterocycles. The Bertz CT molecular complexity index is 430. The van der Waals surface area contributed by atoms with Gasteiger partial charge in [-0.1, -0.05) is 12.7 Å². The zero-order valence-electron chi connectivity index (χ0n) is 15.3. The molecule has 132 valence electrons. The molecule has 0 spiro atoms. The van der Waals surface area contributed by atoms with Crippen LogP contribution >= 0.6 is 0 Å². The van der Waals surface area contributed by atoms with Crippen LogP contribution < -0.4 is 0 Å². The van der Waals surface area contributed by atoms with Crippen LogP contribution in [0.1, 0.15) is 48.0 Å². The molecule has 0 aliphatic rings. The lowest BCUT2D eigenvalue weighted by atomic mass is 10.2. The molecule has 0 amide bonds. The van der Waals surface area contributed by atoms with Crippen molar-refractivity contribution in [2.75, 3.05) is 19.8 Å². The van der Waals surface area contributed by atoms with Gasteiger partial charge in [0.2, 0.25) is 0 Å². The summed E-state index contributed by atoms with van der Waals surface area (Å²) in [4.78, 5) is 25.3. The largest absolute Gasteiger partial charge is 0.459 e. The van der Waals surface area contributed by atoms with E-state index in [1.54, 1.807) is 13.8 Å². The predicted molar refractivity (Wildman–Crippen MR) is 92.1 cm³/mol. The Morgan fingerprint density at radius 2 is 1.48 bits per heavy atom. The van der Waals surface area contributed by atoms with E-state index < -0.39 is 5.97 Å². The molecule has 0 aromatic rings. The number of carbonyl (C=O) groups excluding carboxylic acids is 2. The summed E-state index contributed by atoms with van der Waals surface area (Å²) in [5.74, 6) is -0.854. The van der Waals surface area contributed by atoms with Gasteiger partial charge in [0.1, 0.15) is 13.2 Å². The maximum atomic E-state index is 11.8. The highest BCUT2D eigenvalue weighted by Crippen LogP contribution is 2.07. The van der Waals surface area contributed by atoms with Crippen molar-refractivity contribution in [1.82, 2.24) is 4.90 Å². The SMILES string of the molecule is C=C(C)C(=O)OCCOC(=O)C(C)=CCCN(C(C)C)C(C)C. The highest BCUT2D eigenvalue weighted by Gasteiger charge is 2.12. The van der Waals surface area contributed by atoms with Crippen LogP contribution in [-0.2, 0) is 19.1 Å². The lowest BCUT2D eigenvalue weighted by molar-refractivity contribution is -0.147. The second-order valence-corrected chi connectivity index (χ2v) is 6.15. The fourth-order valence-corrected chi connectivity index (χ4v) is 2.13. The van der Waals surface area contributed by atoms with Gasteiger partial charge >= 0.3 is 11.9 Å². The summed E-state index contributed by atoms with van der Waals surface area (Å²) in [7, 11) is 0. The molecular formula is C18H31NO4. The first kappa shape index (κ1) is 21.4. The molecule has 5 heteroatoms. The summed E-state index contributed by atoms with van der Waals surface area (Å²) < 4.78 is 9.92. The first-order valence-electron chi connectivity index (χ1n) is 8.09. The van der Waals surface area contributed by atoms with Gasteiger partial charge in [0, 0.05) is 29.8 Å². The second-order valence-electron chi connectivity index (χ2n) is 6.15. The van der Waals surface area contributed by atoms with E-state index in [0.717, 1.165) is 13.0 Å². The Balaban J connectivity index is 4.13. The van der Waals surface area contributed by atoms with Gasteiger partial charge < -0.3 is 9.47 Å². The van der Waals surface area contributed by atoms with Crippen molar-refractivity contribution in [1.29, 1.82) is 0 Å². The summed E-state index contributed by atoms with van der Waals surface area (Å²) in [5, 5.41) is 0. The topological polar surface area (TPSA) is 55.8 Å². The molecule has 0 saturated carbocycles. The van der Waals surface area contributed by atoms with E-state index in [4.69, 9.17) is 9.47 Å². The zero-order valence-corrected chi connectivity index (χ0v) is 15.3. The summed E-state index contributed by atoms with van der Waals surface area (Å²) in [6.45, 7) is 16.4. The molecule has 0 aliphatic carbocycles. The summed E-state index contributed by atoms with van der Waals surface area (Å²) >= 11 is 0. The quantitative estimate of drug-likeness (QED) is 0.351. The molecule has 0 N–H and O–H groups in total. The van der Waals surface area contributed by atoms with Crippen LogP contribution in [0.2, 0.25) is 0 Å². The third-order valence-electron chi connectivity index (χ3n) is 3.38. The molecule has 0 bridgehead atoms. The fourth-order valence-electron chi connectivity index (χ4n) is 2.13. The normalized spacial score (nSPS) is 12.0. The van der Waals surface area contributed by atoms with Crippen molar-refractivity contribution in [3.63, 3.8) is 0 Å². The summed E-state index contributed by atoms with van der Waals surface area (Å²) in [6.07, 6.45) is 2.68. The molecule has 0 radical (unpaired) electrons. The smallest absolute Gasteiger partial charge is 0.333 e. The van der Waals surface area contributed by atoms with Gasteiger partial charge in [-0.3, -0.25) is 4.90 Å². The number of carbonyl (C=O) groups is 2. The van der Waals surface area contributed by atoms with Crippen LogP contribution in [0.25, 0.3) is 0 Å². The van der Waals surface area contributed by atoms with Crippen LogP contribution in [0.4, 0.5) is 0 Å². The Morgan fingerprint density at radius 3 is 1.91 bits per heavy atom. The van der Waals surface area contributed by atoms with Crippen molar-refractivity contribution in [3.8, 4) is 0 Å². The average Bonchev–Trinajstić information content (AvgIpc) is 2.46. The van der Waals surface area contributed by atoms with Crippen LogP contribution in [0.3, 0.4) is 0 Å². The Morgan fingerprint density at radius 1 is 1.00 bits per heavy atom. The first-order chi connectivity index (χ1) is 10.7. The number of esters is 2. The first-order valence-corrected chi connectivity index (χ1v) is 8.09. The molecule has 0 saturated heterocycles. The third-order valence-corrected chi connectivity index (χ3v) is 3.38. The van der Waals surface area contributed by atoms with E-state index in [0.29, 0.717) is 23.2 Å². The summed E-state index contributed by atoms with van der Waals surface area (Å²) in [5.41, 5.74) is 0.899.